The Morgan fingerprint density at radius 3 is 2.44 bits per heavy atom. The Morgan fingerprint density at radius 2 is 1.78 bits per heavy atom. The molecule has 1 spiro atoms. The third-order valence-electron chi connectivity index (χ3n) is 6.24. The van der Waals surface area contributed by atoms with Gasteiger partial charge in [0.2, 0.25) is 5.91 Å². The number of carbonyl (C=O) groups is 2. The molecule has 32 heavy (non-hydrogen) atoms. The molecule has 1 fully saturated rings. The summed E-state index contributed by atoms with van der Waals surface area (Å²) in [5, 5.41) is 3.64. The maximum atomic E-state index is 13.4. The summed E-state index contributed by atoms with van der Waals surface area (Å²) in [6.45, 7) is 0.518. The number of carbonyl (C=O) groups excluding carboxylic acids is 2. The van der Waals surface area contributed by atoms with E-state index in [1.54, 1.807) is 12.0 Å². The van der Waals surface area contributed by atoms with Crippen LogP contribution in [0.5, 0.6) is 5.75 Å². The summed E-state index contributed by atoms with van der Waals surface area (Å²) < 4.78 is 5.22. The van der Waals surface area contributed by atoms with Crippen molar-refractivity contribution >= 4 is 29.1 Å². The van der Waals surface area contributed by atoms with Crippen LogP contribution in [0, 0.1) is 0 Å². The van der Waals surface area contributed by atoms with E-state index in [4.69, 9.17) is 21.3 Å². The molecule has 2 aromatic rings. The van der Waals surface area contributed by atoms with Crippen LogP contribution in [0.25, 0.3) is 0 Å². The molecule has 168 valence electrons. The average molecular weight is 454 g/mol. The monoisotopic (exact) mass is 453 g/mol. The third kappa shape index (κ3) is 4.80. The number of nitrogens with one attached hydrogen (secondary N) is 1. The number of aliphatic imine (C=N–C) groups is 1. The first-order valence-corrected chi connectivity index (χ1v) is 11.5. The first kappa shape index (κ1) is 22.3. The van der Waals surface area contributed by atoms with Crippen molar-refractivity contribution in [2.75, 3.05) is 20.2 Å². The van der Waals surface area contributed by atoms with Gasteiger partial charge in [-0.25, -0.2) is 0 Å². The number of nitrogens with zero attached hydrogens (tertiary/aromatic N) is 2. The maximum Gasteiger partial charge on any atom is 0.275 e. The van der Waals surface area contributed by atoms with E-state index in [0.29, 0.717) is 23.7 Å². The topological polar surface area (TPSA) is 71.0 Å². The fraction of sp³-hybridized carbons (Fsp3) is 0.400. The lowest BCUT2D eigenvalue weighted by Gasteiger charge is -2.38. The van der Waals surface area contributed by atoms with Crippen molar-refractivity contribution < 1.29 is 14.3 Å². The predicted molar refractivity (Wildman–Crippen MR) is 125 cm³/mol. The highest BCUT2D eigenvalue weighted by Crippen LogP contribution is 2.39. The molecule has 0 unspecified atom stereocenters. The fourth-order valence-corrected chi connectivity index (χ4v) is 4.61. The van der Waals surface area contributed by atoms with Gasteiger partial charge in [-0.2, -0.15) is 0 Å². The van der Waals surface area contributed by atoms with Gasteiger partial charge in [-0.3, -0.25) is 14.6 Å². The highest BCUT2D eigenvalue weighted by molar-refractivity contribution is 6.47. The Hall–Kier alpha value is -2.86. The van der Waals surface area contributed by atoms with Gasteiger partial charge in [0.15, 0.2) is 0 Å². The Morgan fingerprint density at radius 1 is 1.09 bits per heavy atom. The molecule has 1 N–H and O–H groups in total. The van der Waals surface area contributed by atoms with Crippen molar-refractivity contribution in [1.82, 2.24) is 10.2 Å². The Kier molecular flexibility index (Phi) is 6.80. The second-order valence-electron chi connectivity index (χ2n) is 8.35. The molecule has 1 saturated carbocycles. The van der Waals surface area contributed by atoms with E-state index in [0.717, 1.165) is 49.0 Å². The van der Waals surface area contributed by atoms with E-state index in [1.807, 2.05) is 48.5 Å². The van der Waals surface area contributed by atoms with Gasteiger partial charge in [-0.15, -0.1) is 0 Å². The molecule has 2 amide bonds. The first-order chi connectivity index (χ1) is 15.5. The number of ether oxygens (including phenoxy) is 1. The van der Waals surface area contributed by atoms with E-state index < -0.39 is 5.66 Å². The molecule has 6 nitrogen and oxygen atoms in total. The second kappa shape index (κ2) is 9.74. The molecular formula is C25H28ClN3O3. The highest BCUT2D eigenvalue weighted by atomic mass is 35.5. The van der Waals surface area contributed by atoms with Crippen LogP contribution < -0.4 is 10.1 Å². The Balaban J connectivity index is 1.44. The van der Waals surface area contributed by atoms with Gasteiger partial charge in [-0.05, 0) is 74.1 Å². The summed E-state index contributed by atoms with van der Waals surface area (Å²) in [7, 11) is 1.61. The van der Waals surface area contributed by atoms with Crippen LogP contribution >= 0.6 is 11.6 Å². The van der Waals surface area contributed by atoms with Gasteiger partial charge in [0.05, 0.1) is 7.11 Å². The zero-order valence-corrected chi connectivity index (χ0v) is 19.0. The van der Waals surface area contributed by atoms with Crippen LogP contribution in [0.4, 0.5) is 0 Å². The third-order valence-corrected chi connectivity index (χ3v) is 6.49. The number of hydrogen-bond acceptors (Lipinski definition) is 4. The van der Waals surface area contributed by atoms with Crippen LogP contribution in [-0.4, -0.2) is 48.3 Å². The van der Waals surface area contributed by atoms with Crippen molar-refractivity contribution in [3.8, 4) is 5.75 Å². The molecule has 0 saturated heterocycles. The lowest BCUT2D eigenvalue weighted by molar-refractivity contribution is -0.135. The van der Waals surface area contributed by atoms with Crippen LogP contribution in [0.2, 0.25) is 5.02 Å². The van der Waals surface area contributed by atoms with Crippen LogP contribution in [0.3, 0.4) is 0 Å². The van der Waals surface area contributed by atoms with Gasteiger partial charge >= 0.3 is 0 Å². The molecule has 0 aromatic heterocycles. The molecule has 7 heteroatoms. The quantitative estimate of drug-likeness (QED) is 0.688. The van der Waals surface area contributed by atoms with E-state index in [9.17, 15) is 9.59 Å². The zero-order chi connectivity index (χ0) is 22.6. The smallest absolute Gasteiger partial charge is 0.275 e. The molecule has 1 heterocycles. The average Bonchev–Trinajstić information content (AvgIpc) is 3.07. The molecule has 0 radical (unpaired) electrons. The molecule has 1 aliphatic heterocycles. The lowest BCUT2D eigenvalue weighted by atomic mass is 9.88. The second-order valence-corrected chi connectivity index (χ2v) is 8.79. The maximum absolute atomic E-state index is 13.4. The summed E-state index contributed by atoms with van der Waals surface area (Å²) in [6.07, 6.45) is 5.41. The molecule has 0 bridgehead atoms. The van der Waals surface area contributed by atoms with Crippen molar-refractivity contribution in [3.05, 3.63) is 64.7 Å². The summed E-state index contributed by atoms with van der Waals surface area (Å²) in [4.78, 5) is 32.7. The van der Waals surface area contributed by atoms with E-state index in [-0.39, 0.29) is 18.4 Å². The van der Waals surface area contributed by atoms with Gasteiger partial charge in [-0.1, -0.05) is 30.2 Å². The Bertz CT molecular complexity index is 996. The molecular weight excluding hydrogens is 426 g/mol. The Labute approximate surface area is 193 Å². The molecule has 2 aliphatic rings. The minimum Gasteiger partial charge on any atom is -0.497 e. The SMILES string of the molecule is COc1ccc(C2=NC3(CCCCC3)N(CC(=O)NCCc3ccc(Cl)cc3)C2=O)cc1. The number of amides is 2. The predicted octanol–water partition coefficient (Wildman–Crippen LogP) is 4.00. The fourth-order valence-electron chi connectivity index (χ4n) is 4.49. The molecule has 0 atom stereocenters. The molecule has 4 rings (SSSR count). The van der Waals surface area contributed by atoms with Crippen molar-refractivity contribution in [3.63, 3.8) is 0 Å². The van der Waals surface area contributed by atoms with E-state index >= 15 is 0 Å². The number of hydrogen-bond donors (Lipinski definition) is 1. The number of halogens is 1. The van der Waals surface area contributed by atoms with Crippen LogP contribution in [0.15, 0.2) is 53.5 Å². The first-order valence-electron chi connectivity index (χ1n) is 11.1. The van der Waals surface area contributed by atoms with Crippen molar-refractivity contribution in [1.29, 1.82) is 0 Å². The summed E-state index contributed by atoms with van der Waals surface area (Å²) in [5.41, 5.74) is 1.67. The van der Waals surface area contributed by atoms with Gasteiger partial charge in [0.25, 0.3) is 5.91 Å². The standard InChI is InChI=1S/C25H28ClN3O3/c1-32-21-11-7-19(8-12-21)23-24(31)29(25(28-23)14-3-2-4-15-25)17-22(30)27-16-13-18-5-9-20(26)10-6-18/h5-12H,2-4,13-17H2,1H3,(H,27,30). The molecule has 1 aliphatic carbocycles. The summed E-state index contributed by atoms with van der Waals surface area (Å²) in [5.74, 6) is 0.387. The summed E-state index contributed by atoms with van der Waals surface area (Å²) >= 11 is 5.92. The van der Waals surface area contributed by atoms with Crippen molar-refractivity contribution in [2.45, 2.75) is 44.2 Å². The van der Waals surface area contributed by atoms with E-state index in [2.05, 4.69) is 5.32 Å². The lowest BCUT2D eigenvalue weighted by Crippen LogP contribution is -2.52. The largest absolute Gasteiger partial charge is 0.497 e. The van der Waals surface area contributed by atoms with E-state index in [1.165, 1.54) is 0 Å². The van der Waals surface area contributed by atoms with Gasteiger partial charge in [0, 0.05) is 17.1 Å². The van der Waals surface area contributed by atoms with Gasteiger partial charge in [0.1, 0.15) is 23.7 Å². The zero-order valence-electron chi connectivity index (χ0n) is 18.3. The molecule has 2 aromatic carbocycles. The normalized spacial score (nSPS) is 17.4. The minimum atomic E-state index is -0.613. The van der Waals surface area contributed by atoms with Crippen LogP contribution in [-0.2, 0) is 16.0 Å². The van der Waals surface area contributed by atoms with Gasteiger partial charge < -0.3 is 15.0 Å². The minimum absolute atomic E-state index is 0.0165. The van der Waals surface area contributed by atoms with Crippen LogP contribution in [0.1, 0.15) is 43.2 Å². The van der Waals surface area contributed by atoms with Crippen molar-refractivity contribution in [2.24, 2.45) is 4.99 Å². The number of methoxy groups -OCH3 is 1. The summed E-state index contributed by atoms with van der Waals surface area (Å²) in [6, 6.07) is 14.9. The number of rotatable bonds is 7. The number of benzene rings is 2. The highest BCUT2D eigenvalue weighted by Gasteiger charge is 2.48.